The van der Waals surface area contributed by atoms with Crippen LogP contribution >= 0.6 is 11.3 Å². The van der Waals surface area contributed by atoms with Crippen LogP contribution in [-0.4, -0.2) is 0 Å². The Hall–Kier alpha value is -6.74. The zero-order valence-electron chi connectivity index (χ0n) is 30.1. The van der Waals surface area contributed by atoms with Gasteiger partial charge in [-0.2, -0.15) is 0 Å². The molecule has 0 saturated carbocycles. The molecular weight excluding hydrogens is 683 g/mol. The number of hydrogen-bond acceptors (Lipinski definition) is 2. The van der Waals surface area contributed by atoms with E-state index < -0.39 is 5.41 Å². The van der Waals surface area contributed by atoms with Gasteiger partial charge in [-0.3, -0.25) is 0 Å². The number of anilines is 3. The van der Waals surface area contributed by atoms with Crippen molar-refractivity contribution in [2.24, 2.45) is 0 Å². The third-order valence-electron chi connectivity index (χ3n) is 11.5. The standard InChI is InChI=1S/C53H35NS/c1-3-20-38(21-4-1)53(39-22-5-2-6-23-39)46-30-11-9-27-45(46)51-47(53)31-16-32-48(51)54(49-33-15-29-44-43-26-10-12-34-50(43)55-52(44)49)40-24-13-19-37(35-40)42-28-14-18-36-17-7-8-25-41(36)42/h1-35H. The van der Waals surface area contributed by atoms with Gasteiger partial charge in [0.15, 0.2) is 0 Å². The van der Waals surface area contributed by atoms with Gasteiger partial charge in [-0.15, -0.1) is 11.3 Å². The minimum absolute atomic E-state index is 0.495. The van der Waals surface area contributed by atoms with Crippen molar-refractivity contribution >= 4 is 59.3 Å². The second-order valence-corrected chi connectivity index (χ2v) is 15.4. The molecule has 0 atom stereocenters. The topological polar surface area (TPSA) is 3.24 Å². The first-order chi connectivity index (χ1) is 27.3. The second kappa shape index (κ2) is 12.7. The lowest BCUT2D eigenvalue weighted by molar-refractivity contribution is 0.768. The Balaban J connectivity index is 1.24. The van der Waals surface area contributed by atoms with E-state index in [2.05, 4.69) is 217 Å². The predicted octanol–water partition coefficient (Wildman–Crippen LogP) is 14.7. The molecule has 11 rings (SSSR count). The first kappa shape index (κ1) is 31.8. The maximum absolute atomic E-state index is 2.54. The fourth-order valence-electron chi connectivity index (χ4n) is 9.27. The molecule has 258 valence electrons. The summed E-state index contributed by atoms with van der Waals surface area (Å²) in [6.07, 6.45) is 0. The van der Waals surface area contributed by atoms with E-state index in [1.165, 1.54) is 86.8 Å². The molecule has 1 aliphatic rings. The average molecular weight is 718 g/mol. The number of benzene rings is 9. The molecule has 1 aromatic heterocycles. The summed E-state index contributed by atoms with van der Waals surface area (Å²) in [4.78, 5) is 2.54. The monoisotopic (exact) mass is 717 g/mol. The summed E-state index contributed by atoms with van der Waals surface area (Å²) in [6.45, 7) is 0. The van der Waals surface area contributed by atoms with E-state index in [0.717, 1.165) is 5.69 Å². The number of hydrogen-bond donors (Lipinski definition) is 0. The van der Waals surface area contributed by atoms with Gasteiger partial charge in [0.2, 0.25) is 0 Å². The highest BCUT2D eigenvalue weighted by Gasteiger charge is 2.47. The second-order valence-electron chi connectivity index (χ2n) is 14.4. The van der Waals surface area contributed by atoms with Gasteiger partial charge < -0.3 is 4.90 Å². The van der Waals surface area contributed by atoms with E-state index in [1.807, 2.05) is 11.3 Å². The highest BCUT2D eigenvalue weighted by atomic mass is 32.1. The molecule has 0 aliphatic heterocycles. The third kappa shape index (κ3) is 4.78. The lowest BCUT2D eigenvalue weighted by Gasteiger charge is -2.34. The van der Waals surface area contributed by atoms with Gasteiger partial charge in [-0.25, -0.2) is 0 Å². The van der Waals surface area contributed by atoms with Crippen molar-refractivity contribution in [1.29, 1.82) is 0 Å². The van der Waals surface area contributed by atoms with E-state index in [9.17, 15) is 0 Å². The van der Waals surface area contributed by atoms with Gasteiger partial charge in [-0.1, -0.05) is 182 Å². The smallest absolute Gasteiger partial charge is 0.0714 e. The lowest BCUT2D eigenvalue weighted by atomic mass is 9.68. The normalized spacial score (nSPS) is 12.9. The minimum atomic E-state index is -0.495. The highest BCUT2D eigenvalue weighted by molar-refractivity contribution is 7.26. The molecule has 55 heavy (non-hydrogen) atoms. The number of thiophene rings is 1. The molecule has 0 amide bonds. The summed E-state index contributed by atoms with van der Waals surface area (Å²) < 4.78 is 2.57. The van der Waals surface area contributed by atoms with Crippen LogP contribution in [0.2, 0.25) is 0 Å². The maximum atomic E-state index is 2.54. The Kier molecular flexibility index (Phi) is 7.33. The predicted molar refractivity (Wildman–Crippen MR) is 234 cm³/mol. The van der Waals surface area contributed by atoms with E-state index in [4.69, 9.17) is 0 Å². The first-order valence-electron chi connectivity index (χ1n) is 18.9. The zero-order valence-corrected chi connectivity index (χ0v) is 30.9. The summed E-state index contributed by atoms with van der Waals surface area (Å²) in [5, 5.41) is 5.08. The molecule has 1 aliphatic carbocycles. The number of nitrogens with zero attached hydrogens (tertiary/aromatic N) is 1. The molecule has 1 heterocycles. The summed E-state index contributed by atoms with van der Waals surface area (Å²) >= 11 is 1.88. The Morgan fingerprint density at radius 1 is 0.400 bits per heavy atom. The zero-order chi connectivity index (χ0) is 36.3. The summed E-state index contributed by atoms with van der Waals surface area (Å²) in [7, 11) is 0. The van der Waals surface area contributed by atoms with Gasteiger partial charge >= 0.3 is 0 Å². The van der Waals surface area contributed by atoms with Crippen LogP contribution in [0.15, 0.2) is 212 Å². The van der Waals surface area contributed by atoms with Crippen LogP contribution in [0.3, 0.4) is 0 Å². The molecule has 0 bridgehead atoms. The van der Waals surface area contributed by atoms with Gasteiger partial charge in [0.05, 0.1) is 21.5 Å². The molecule has 9 aromatic carbocycles. The van der Waals surface area contributed by atoms with Crippen molar-refractivity contribution in [2.45, 2.75) is 5.41 Å². The van der Waals surface area contributed by atoms with Crippen molar-refractivity contribution in [3.05, 3.63) is 235 Å². The van der Waals surface area contributed by atoms with Crippen LogP contribution in [0, 0.1) is 0 Å². The number of rotatable bonds is 6. The minimum Gasteiger partial charge on any atom is -0.308 e. The quantitative estimate of drug-likeness (QED) is 0.166. The molecule has 0 radical (unpaired) electrons. The van der Waals surface area contributed by atoms with Crippen molar-refractivity contribution in [3.63, 3.8) is 0 Å². The summed E-state index contributed by atoms with van der Waals surface area (Å²) in [6, 6.07) is 78.3. The van der Waals surface area contributed by atoms with Crippen LogP contribution in [0.25, 0.3) is 53.2 Å². The molecule has 2 heteroatoms. The van der Waals surface area contributed by atoms with E-state index in [0.29, 0.717) is 0 Å². The molecular formula is C53H35NS. The Morgan fingerprint density at radius 3 is 1.82 bits per heavy atom. The van der Waals surface area contributed by atoms with Crippen LogP contribution in [0.4, 0.5) is 17.1 Å². The average Bonchev–Trinajstić information content (AvgIpc) is 3.79. The van der Waals surface area contributed by atoms with Gasteiger partial charge in [0, 0.05) is 26.7 Å². The van der Waals surface area contributed by atoms with Gasteiger partial charge in [0.1, 0.15) is 0 Å². The molecule has 10 aromatic rings. The summed E-state index contributed by atoms with van der Waals surface area (Å²) in [5.74, 6) is 0. The van der Waals surface area contributed by atoms with Crippen molar-refractivity contribution in [1.82, 2.24) is 0 Å². The summed E-state index contributed by atoms with van der Waals surface area (Å²) in [5.41, 5.74) is 13.1. The third-order valence-corrected chi connectivity index (χ3v) is 12.7. The Morgan fingerprint density at radius 2 is 0.982 bits per heavy atom. The molecule has 0 fully saturated rings. The SMILES string of the molecule is c1ccc(C2(c3ccccc3)c3ccccc3-c3c(N(c4cccc(-c5cccc6ccccc56)c4)c4cccc5c4sc4ccccc45)cccc32)cc1. The molecule has 0 unspecified atom stereocenters. The largest absolute Gasteiger partial charge is 0.308 e. The van der Waals surface area contributed by atoms with Crippen LogP contribution in [0.1, 0.15) is 22.3 Å². The van der Waals surface area contributed by atoms with E-state index >= 15 is 0 Å². The fourth-order valence-corrected chi connectivity index (χ4v) is 10.5. The Labute approximate surface area is 325 Å². The first-order valence-corrected chi connectivity index (χ1v) is 19.8. The molecule has 0 spiro atoms. The van der Waals surface area contributed by atoms with Gasteiger partial charge in [-0.05, 0) is 80.0 Å². The fraction of sp³-hybridized carbons (Fsp3) is 0.0189. The maximum Gasteiger partial charge on any atom is 0.0714 e. The highest BCUT2D eigenvalue weighted by Crippen LogP contribution is 2.60. The van der Waals surface area contributed by atoms with Crippen molar-refractivity contribution in [2.75, 3.05) is 4.90 Å². The lowest BCUT2D eigenvalue weighted by Crippen LogP contribution is -2.28. The van der Waals surface area contributed by atoms with Gasteiger partial charge in [0.25, 0.3) is 0 Å². The van der Waals surface area contributed by atoms with Crippen molar-refractivity contribution < 1.29 is 0 Å². The van der Waals surface area contributed by atoms with Crippen LogP contribution < -0.4 is 4.90 Å². The number of fused-ring (bicyclic) bond motifs is 7. The Bertz CT molecular complexity index is 3000. The van der Waals surface area contributed by atoms with Crippen LogP contribution in [0.5, 0.6) is 0 Å². The van der Waals surface area contributed by atoms with E-state index in [1.54, 1.807) is 0 Å². The molecule has 1 nitrogen and oxygen atoms in total. The van der Waals surface area contributed by atoms with E-state index in [-0.39, 0.29) is 0 Å². The van der Waals surface area contributed by atoms with Crippen molar-refractivity contribution in [3.8, 4) is 22.3 Å². The molecule has 0 N–H and O–H groups in total. The molecule has 0 saturated heterocycles. The van der Waals surface area contributed by atoms with Crippen LogP contribution in [-0.2, 0) is 5.41 Å².